The molecule has 0 radical (unpaired) electrons. The van der Waals surface area contributed by atoms with Crippen molar-refractivity contribution in [1.29, 1.82) is 0 Å². The minimum Gasteiger partial charge on any atom is -0.357 e. The van der Waals surface area contributed by atoms with E-state index in [4.69, 9.17) is 0 Å². The van der Waals surface area contributed by atoms with Crippen LogP contribution >= 0.6 is 11.3 Å². The second-order valence-corrected chi connectivity index (χ2v) is 6.13. The number of aromatic nitrogens is 1. The predicted octanol–water partition coefficient (Wildman–Crippen LogP) is 2.32. The van der Waals surface area contributed by atoms with E-state index in [1.807, 2.05) is 13.8 Å². The van der Waals surface area contributed by atoms with Crippen molar-refractivity contribution in [2.45, 2.75) is 46.5 Å². The first-order chi connectivity index (χ1) is 11.2. The fourth-order valence-corrected chi connectivity index (χ4v) is 2.75. The molecule has 0 aliphatic heterocycles. The van der Waals surface area contributed by atoms with Crippen LogP contribution in [0.4, 0.5) is 0 Å². The molecule has 0 spiro atoms. The summed E-state index contributed by atoms with van der Waals surface area (Å²) in [5.41, 5.74) is 2.47. The highest BCUT2D eigenvalue weighted by Gasteiger charge is 2.10. The lowest BCUT2D eigenvalue weighted by atomic mass is 10.2. The Labute approximate surface area is 143 Å². The summed E-state index contributed by atoms with van der Waals surface area (Å²) in [6.45, 7) is 8.95. The van der Waals surface area contributed by atoms with E-state index in [1.165, 1.54) is 30.6 Å². The maximum atomic E-state index is 12.0. The molecule has 0 aromatic carbocycles. The topological polar surface area (TPSA) is 78.4 Å². The van der Waals surface area contributed by atoms with E-state index in [2.05, 4.69) is 32.9 Å². The second kappa shape index (κ2) is 11.9. The van der Waals surface area contributed by atoms with E-state index < -0.39 is 0 Å². The van der Waals surface area contributed by atoms with Crippen LogP contribution in [-0.4, -0.2) is 43.0 Å². The normalized spacial score (nSPS) is 11.3. The lowest BCUT2D eigenvalue weighted by Crippen LogP contribution is -2.41. The number of hydrogen-bond donors (Lipinski definition) is 3. The number of thiazole rings is 1. The van der Waals surface area contributed by atoms with E-state index in [1.54, 1.807) is 5.51 Å². The number of rotatable bonds is 10. The molecule has 3 N–H and O–H groups in total. The summed E-state index contributed by atoms with van der Waals surface area (Å²) >= 11 is 1.37. The average molecular weight is 340 g/mol. The van der Waals surface area contributed by atoms with Crippen LogP contribution in [0.1, 0.15) is 54.9 Å². The molecule has 0 saturated carbocycles. The summed E-state index contributed by atoms with van der Waals surface area (Å²) in [5, 5.41) is 9.35. The van der Waals surface area contributed by atoms with E-state index in [9.17, 15) is 4.79 Å². The van der Waals surface area contributed by atoms with Gasteiger partial charge in [-0.15, -0.1) is 11.3 Å². The van der Waals surface area contributed by atoms with Gasteiger partial charge in [-0.3, -0.25) is 9.79 Å². The summed E-state index contributed by atoms with van der Waals surface area (Å²) in [5.74, 6) is 0.750. The summed E-state index contributed by atoms with van der Waals surface area (Å²) in [7, 11) is 0. The minimum absolute atomic E-state index is 0.0618. The van der Waals surface area contributed by atoms with Crippen LogP contribution in [0, 0.1) is 6.92 Å². The number of aryl methyl sites for hydroxylation is 1. The number of nitrogens with zero attached hydrogens (tertiary/aromatic N) is 2. The number of unbranched alkanes of at least 4 members (excludes halogenated alkanes) is 3. The Bertz CT molecular complexity index is 487. The SMILES string of the molecule is CCCCCCN=C(NCC)NCCNC(=O)c1scnc1C. The van der Waals surface area contributed by atoms with Gasteiger partial charge in [0.05, 0.1) is 11.2 Å². The van der Waals surface area contributed by atoms with Crippen molar-refractivity contribution >= 4 is 23.2 Å². The standard InChI is InChI=1S/C16H29N5OS/c1-4-6-7-8-9-19-16(17-5-2)20-11-10-18-15(22)14-13(3)21-12-23-14/h12H,4-11H2,1-3H3,(H,18,22)(H2,17,19,20). The fraction of sp³-hybridized carbons (Fsp3) is 0.688. The van der Waals surface area contributed by atoms with Crippen molar-refractivity contribution in [1.82, 2.24) is 20.9 Å². The van der Waals surface area contributed by atoms with E-state index >= 15 is 0 Å². The summed E-state index contributed by atoms with van der Waals surface area (Å²) in [6.07, 6.45) is 4.85. The Balaban J connectivity index is 2.25. The van der Waals surface area contributed by atoms with Gasteiger partial charge >= 0.3 is 0 Å². The molecule has 23 heavy (non-hydrogen) atoms. The number of hydrogen-bond acceptors (Lipinski definition) is 4. The molecule has 6 nitrogen and oxygen atoms in total. The van der Waals surface area contributed by atoms with Gasteiger partial charge in [-0.25, -0.2) is 4.98 Å². The highest BCUT2D eigenvalue weighted by molar-refractivity contribution is 7.11. The van der Waals surface area contributed by atoms with Gasteiger partial charge in [0.25, 0.3) is 5.91 Å². The van der Waals surface area contributed by atoms with Crippen molar-refractivity contribution in [2.24, 2.45) is 4.99 Å². The third-order valence-electron chi connectivity index (χ3n) is 3.28. The molecule has 0 saturated heterocycles. The number of carbonyl (C=O) groups is 1. The van der Waals surface area contributed by atoms with Crippen molar-refractivity contribution in [3.05, 3.63) is 16.1 Å². The van der Waals surface area contributed by atoms with Crippen molar-refractivity contribution < 1.29 is 4.79 Å². The molecule has 0 bridgehead atoms. The number of amides is 1. The molecule has 1 aromatic heterocycles. The summed E-state index contributed by atoms with van der Waals surface area (Å²) in [6, 6.07) is 0. The van der Waals surface area contributed by atoms with Gasteiger partial charge in [-0.2, -0.15) is 0 Å². The molecule has 1 amide bonds. The smallest absolute Gasteiger partial charge is 0.263 e. The van der Waals surface area contributed by atoms with Crippen LogP contribution in [0.3, 0.4) is 0 Å². The van der Waals surface area contributed by atoms with Gasteiger partial charge in [-0.05, 0) is 20.3 Å². The lowest BCUT2D eigenvalue weighted by molar-refractivity contribution is 0.0957. The number of nitrogens with one attached hydrogen (secondary N) is 3. The lowest BCUT2D eigenvalue weighted by Gasteiger charge is -2.11. The molecule has 0 unspecified atom stereocenters. The Morgan fingerprint density at radius 1 is 1.17 bits per heavy atom. The molecule has 130 valence electrons. The van der Waals surface area contributed by atoms with Crippen LogP contribution in [0.2, 0.25) is 0 Å². The maximum absolute atomic E-state index is 12.0. The van der Waals surface area contributed by atoms with Crippen LogP contribution in [0.5, 0.6) is 0 Å². The second-order valence-electron chi connectivity index (χ2n) is 5.27. The van der Waals surface area contributed by atoms with Gasteiger partial charge in [-0.1, -0.05) is 26.2 Å². The largest absolute Gasteiger partial charge is 0.357 e. The van der Waals surface area contributed by atoms with Crippen molar-refractivity contribution in [3.8, 4) is 0 Å². The Hall–Kier alpha value is -1.63. The van der Waals surface area contributed by atoms with Gasteiger partial charge in [0.2, 0.25) is 0 Å². The molecule has 1 aromatic rings. The van der Waals surface area contributed by atoms with Crippen LogP contribution in [0.25, 0.3) is 0 Å². The molecule has 0 atom stereocenters. The first kappa shape index (κ1) is 19.4. The van der Waals surface area contributed by atoms with Crippen LogP contribution < -0.4 is 16.0 Å². The quantitative estimate of drug-likeness (QED) is 0.347. The molecule has 1 rings (SSSR count). The van der Waals surface area contributed by atoms with Crippen molar-refractivity contribution in [2.75, 3.05) is 26.2 Å². The van der Waals surface area contributed by atoms with Crippen molar-refractivity contribution in [3.63, 3.8) is 0 Å². The number of carbonyl (C=O) groups excluding carboxylic acids is 1. The molecule has 1 heterocycles. The van der Waals surface area contributed by atoms with E-state index in [0.29, 0.717) is 18.0 Å². The van der Waals surface area contributed by atoms with Crippen LogP contribution in [-0.2, 0) is 0 Å². The third kappa shape index (κ3) is 7.97. The zero-order valence-corrected chi connectivity index (χ0v) is 15.3. The van der Waals surface area contributed by atoms with Gasteiger partial charge < -0.3 is 16.0 Å². The van der Waals surface area contributed by atoms with Crippen LogP contribution in [0.15, 0.2) is 10.5 Å². The molecule has 0 aliphatic rings. The highest BCUT2D eigenvalue weighted by Crippen LogP contribution is 2.11. The highest BCUT2D eigenvalue weighted by atomic mass is 32.1. The van der Waals surface area contributed by atoms with Gasteiger partial charge in [0, 0.05) is 26.2 Å². The zero-order valence-electron chi connectivity index (χ0n) is 14.4. The molecule has 0 fully saturated rings. The predicted molar refractivity (Wildman–Crippen MR) is 97.3 cm³/mol. The maximum Gasteiger partial charge on any atom is 0.263 e. The third-order valence-corrected chi connectivity index (χ3v) is 4.21. The van der Waals surface area contributed by atoms with Gasteiger partial charge in [0.15, 0.2) is 5.96 Å². The molecular weight excluding hydrogens is 310 g/mol. The molecule has 0 aliphatic carbocycles. The monoisotopic (exact) mass is 339 g/mol. The fourth-order valence-electron chi connectivity index (χ4n) is 2.03. The minimum atomic E-state index is -0.0618. The van der Waals surface area contributed by atoms with Gasteiger partial charge in [0.1, 0.15) is 4.88 Å². The van der Waals surface area contributed by atoms with E-state index in [-0.39, 0.29) is 5.91 Å². The average Bonchev–Trinajstić information content (AvgIpc) is 2.97. The Morgan fingerprint density at radius 2 is 1.96 bits per heavy atom. The Kier molecular flexibility index (Phi) is 10.0. The van der Waals surface area contributed by atoms with E-state index in [0.717, 1.165) is 31.2 Å². The number of guanidine groups is 1. The first-order valence-electron chi connectivity index (χ1n) is 8.39. The zero-order chi connectivity index (χ0) is 16.9. The Morgan fingerprint density at radius 3 is 2.61 bits per heavy atom. The summed E-state index contributed by atoms with van der Waals surface area (Å²) < 4.78 is 0. The molecular formula is C16H29N5OS. The summed E-state index contributed by atoms with van der Waals surface area (Å²) in [4.78, 5) is 21.3. The first-order valence-corrected chi connectivity index (χ1v) is 9.27. The number of aliphatic imine (C=N–C) groups is 1. The molecule has 7 heteroatoms.